The van der Waals surface area contributed by atoms with Gasteiger partial charge in [0.25, 0.3) is 0 Å². The third-order valence-corrected chi connectivity index (χ3v) is 2.91. The number of hydrogen-bond donors (Lipinski definition) is 0. The average molecular weight is 250 g/mol. The Hall–Kier alpha value is -1.31. The quantitative estimate of drug-likeness (QED) is 0.705. The van der Waals surface area contributed by atoms with Crippen molar-refractivity contribution in [2.24, 2.45) is 0 Å². The van der Waals surface area contributed by atoms with Crippen molar-refractivity contribution >= 4 is 5.97 Å². The first-order valence-corrected chi connectivity index (χ1v) is 6.99. The van der Waals surface area contributed by atoms with Gasteiger partial charge in [-0.3, -0.25) is 0 Å². The summed E-state index contributed by atoms with van der Waals surface area (Å²) in [6.45, 7) is 8.00. The van der Waals surface area contributed by atoms with Crippen molar-refractivity contribution in [1.82, 2.24) is 0 Å². The Labute approximate surface area is 111 Å². The summed E-state index contributed by atoms with van der Waals surface area (Å²) < 4.78 is 4.64. The van der Waals surface area contributed by atoms with Gasteiger partial charge in [-0.1, -0.05) is 46.2 Å². The van der Waals surface area contributed by atoms with E-state index in [4.69, 9.17) is 0 Å². The lowest BCUT2D eigenvalue weighted by Crippen LogP contribution is -2.09. The minimum absolute atomic E-state index is 0.259. The number of methoxy groups -OCH3 is 1. The van der Waals surface area contributed by atoms with Crippen LogP contribution in [0.2, 0.25) is 0 Å². The van der Waals surface area contributed by atoms with Gasteiger partial charge in [-0.25, -0.2) is 4.79 Å². The number of benzene rings is 1. The molecule has 0 unspecified atom stereocenters. The molecule has 18 heavy (non-hydrogen) atoms. The summed E-state index contributed by atoms with van der Waals surface area (Å²) in [6.07, 6.45) is 3.92. The summed E-state index contributed by atoms with van der Waals surface area (Å²) in [5, 5.41) is 0. The highest BCUT2D eigenvalue weighted by molar-refractivity contribution is 5.89. The molecule has 0 spiro atoms. The van der Waals surface area contributed by atoms with Gasteiger partial charge in [0.2, 0.25) is 0 Å². The molecule has 0 atom stereocenters. The fourth-order valence-corrected chi connectivity index (χ4v) is 1.75. The van der Waals surface area contributed by atoms with Gasteiger partial charge in [0, 0.05) is 0 Å². The fraction of sp³-hybridized carbons (Fsp3) is 0.562. The van der Waals surface area contributed by atoms with E-state index < -0.39 is 0 Å². The van der Waals surface area contributed by atoms with Crippen molar-refractivity contribution in [3.05, 3.63) is 35.4 Å². The van der Waals surface area contributed by atoms with Gasteiger partial charge in [-0.15, -0.1) is 0 Å². The van der Waals surface area contributed by atoms with Gasteiger partial charge >= 0.3 is 5.97 Å². The summed E-state index contributed by atoms with van der Waals surface area (Å²) in [4.78, 5) is 11.2. The second-order valence-corrected chi connectivity index (χ2v) is 3.74. The highest BCUT2D eigenvalue weighted by Gasteiger charge is 2.19. The molecule has 1 aromatic carbocycles. The van der Waals surface area contributed by atoms with E-state index in [0.717, 1.165) is 5.92 Å². The summed E-state index contributed by atoms with van der Waals surface area (Å²) in [7, 11) is 1.40. The largest absolute Gasteiger partial charge is 0.465 e. The molecule has 1 aliphatic rings. The zero-order valence-corrected chi connectivity index (χ0v) is 12.3. The molecular formula is C16H26O2. The van der Waals surface area contributed by atoms with E-state index in [1.807, 2.05) is 52.0 Å². The Morgan fingerprint density at radius 1 is 1.06 bits per heavy atom. The van der Waals surface area contributed by atoms with Crippen LogP contribution in [0.3, 0.4) is 0 Å². The lowest BCUT2D eigenvalue weighted by atomic mass is 9.80. The van der Waals surface area contributed by atoms with Crippen LogP contribution in [0.1, 0.15) is 68.8 Å². The van der Waals surface area contributed by atoms with Gasteiger partial charge in [0.05, 0.1) is 12.7 Å². The first kappa shape index (κ1) is 16.7. The van der Waals surface area contributed by atoms with Crippen LogP contribution in [0.5, 0.6) is 0 Å². The SMILES string of the molecule is CC.CC.COC(=O)c1ccc(C2CCC2)cc1. The zero-order valence-electron chi connectivity index (χ0n) is 12.3. The Morgan fingerprint density at radius 2 is 1.56 bits per heavy atom. The maximum atomic E-state index is 11.2. The molecule has 2 rings (SSSR count). The maximum Gasteiger partial charge on any atom is 0.337 e. The zero-order chi connectivity index (χ0) is 14.0. The topological polar surface area (TPSA) is 26.3 Å². The van der Waals surface area contributed by atoms with Gasteiger partial charge in [0.15, 0.2) is 0 Å². The molecule has 0 aromatic heterocycles. The summed E-state index contributed by atoms with van der Waals surface area (Å²) >= 11 is 0. The highest BCUT2D eigenvalue weighted by atomic mass is 16.5. The van der Waals surface area contributed by atoms with Crippen LogP contribution in [0, 0.1) is 0 Å². The molecule has 1 fully saturated rings. The maximum absolute atomic E-state index is 11.2. The van der Waals surface area contributed by atoms with Crippen LogP contribution < -0.4 is 0 Å². The van der Waals surface area contributed by atoms with E-state index in [-0.39, 0.29) is 5.97 Å². The van der Waals surface area contributed by atoms with Crippen LogP contribution in [-0.2, 0) is 4.74 Å². The standard InChI is InChI=1S/C12H14O2.2C2H6/c1-14-12(13)11-7-5-10(6-8-11)9-3-2-4-9;2*1-2/h5-9H,2-4H2,1H3;2*1-2H3. The average Bonchev–Trinajstić information content (AvgIpc) is 2.41. The van der Waals surface area contributed by atoms with Crippen LogP contribution in [0.25, 0.3) is 0 Å². The molecule has 102 valence electrons. The number of ether oxygens (including phenoxy) is 1. The first-order valence-electron chi connectivity index (χ1n) is 6.99. The molecule has 0 radical (unpaired) electrons. The van der Waals surface area contributed by atoms with Gasteiger partial charge in [0.1, 0.15) is 0 Å². The number of carbonyl (C=O) groups is 1. The summed E-state index contributed by atoms with van der Waals surface area (Å²) in [5.74, 6) is 0.465. The minimum atomic E-state index is -0.259. The fourth-order valence-electron chi connectivity index (χ4n) is 1.75. The van der Waals surface area contributed by atoms with Crippen LogP contribution in [0.4, 0.5) is 0 Å². The smallest absolute Gasteiger partial charge is 0.337 e. The predicted molar refractivity (Wildman–Crippen MR) is 77.1 cm³/mol. The van der Waals surface area contributed by atoms with Gasteiger partial charge in [-0.2, -0.15) is 0 Å². The monoisotopic (exact) mass is 250 g/mol. The van der Waals surface area contributed by atoms with E-state index in [9.17, 15) is 4.79 Å². The molecule has 0 aliphatic heterocycles. The molecule has 0 saturated heterocycles. The molecule has 2 heteroatoms. The normalized spacial score (nSPS) is 13.2. The van der Waals surface area contributed by atoms with Crippen molar-refractivity contribution in [1.29, 1.82) is 0 Å². The molecular weight excluding hydrogens is 224 g/mol. The lowest BCUT2D eigenvalue weighted by Gasteiger charge is -2.25. The molecule has 1 aliphatic carbocycles. The third-order valence-electron chi connectivity index (χ3n) is 2.91. The van der Waals surface area contributed by atoms with Crippen molar-refractivity contribution < 1.29 is 9.53 Å². The minimum Gasteiger partial charge on any atom is -0.465 e. The van der Waals surface area contributed by atoms with Crippen molar-refractivity contribution in [3.63, 3.8) is 0 Å². The summed E-state index contributed by atoms with van der Waals surface area (Å²) in [6, 6.07) is 7.77. The first-order chi connectivity index (χ1) is 8.81. The molecule has 2 nitrogen and oxygen atoms in total. The molecule has 0 amide bonds. The van der Waals surface area contributed by atoms with E-state index in [2.05, 4.69) is 4.74 Å². The molecule has 0 N–H and O–H groups in total. The van der Waals surface area contributed by atoms with Crippen molar-refractivity contribution in [2.45, 2.75) is 52.9 Å². The third kappa shape index (κ3) is 4.52. The second kappa shape index (κ2) is 9.69. The Morgan fingerprint density at radius 3 is 1.89 bits per heavy atom. The Bertz CT molecular complexity index is 323. The number of esters is 1. The molecule has 1 aromatic rings. The molecule has 0 bridgehead atoms. The number of rotatable bonds is 2. The molecule has 1 saturated carbocycles. The van der Waals surface area contributed by atoms with Crippen molar-refractivity contribution in [3.8, 4) is 0 Å². The second-order valence-electron chi connectivity index (χ2n) is 3.74. The van der Waals surface area contributed by atoms with Gasteiger partial charge < -0.3 is 4.74 Å². The highest BCUT2D eigenvalue weighted by Crippen LogP contribution is 2.36. The van der Waals surface area contributed by atoms with Crippen LogP contribution in [0.15, 0.2) is 24.3 Å². The number of carbonyl (C=O) groups excluding carboxylic acids is 1. The Kier molecular flexibility index (Phi) is 8.99. The lowest BCUT2D eigenvalue weighted by molar-refractivity contribution is 0.0600. The van der Waals surface area contributed by atoms with Crippen molar-refractivity contribution in [2.75, 3.05) is 7.11 Å². The van der Waals surface area contributed by atoms with E-state index in [1.54, 1.807) is 0 Å². The van der Waals surface area contributed by atoms with Gasteiger partial charge in [-0.05, 0) is 36.5 Å². The Balaban J connectivity index is 0.000000659. The van der Waals surface area contributed by atoms with E-state index in [1.165, 1.54) is 31.9 Å². The van der Waals surface area contributed by atoms with Crippen LogP contribution in [-0.4, -0.2) is 13.1 Å². The number of hydrogen-bond acceptors (Lipinski definition) is 2. The van der Waals surface area contributed by atoms with E-state index in [0.29, 0.717) is 5.56 Å². The predicted octanol–water partition coefficient (Wildman–Crippen LogP) is 4.79. The summed E-state index contributed by atoms with van der Waals surface area (Å²) in [5.41, 5.74) is 1.99. The van der Waals surface area contributed by atoms with E-state index >= 15 is 0 Å². The van der Waals surface area contributed by atoms with Crippen LogP contribution >= 0.6 is 0 Å². The molecule has 0 heterocycles.